The van der Waals surface area contributed by atoms with Crippen LogP contribution in [-0.2, 0) is 6.42 Å². The zero-order valence-corrected chi connectivity index (χ0v) is 9.46. The van der Waals surface area contributed by atoms with Crippen LogP contribution in [0.25, 0.3) is 5.69 Å². The Morgan fingerprint density at radius 2 is 2.12 bits per heavy atom. The Labute approximate surface area is 94.3 Å². The molecule has 2 aromatic rings. The fraction of sp³-hybridized carbons (Fsp3) is 0.364. The van der Waals surface area contributed by atoms with Crippen LogP contribution in [0.5, 0.6) is 0 Å². The Morgan fingerprint density at radius 3 is 2.81 bits per heavy atom. The molecule has 0 saturated carbocycles. The zero-order chi connectivity index (χ0) is 11.5. The first-order chi connectivity index (χ1) is 7.68. The van der Waals surface area contributed by atoms with Crippen LogP contribution >= 0.6 is 0 Å². The molecular formula is C11H15N5. The van der Waals surface area contributed by atoms with E-state index in [-0.39, 0.29) is 6.04 Å². The van der Waals surface area contributed by atoms with Crippen molar-refractivity contribution >= 4 is 0 Å². The van der Waals surface area contributed by atoms with Crippen molar-refractivity contribution in [1.82, 2.24) is 20.2 Å². The van der Waals surface area contributed by atoms with Crippen LogP contribution in [0, 0.1) is 6.92 Å². The Bertz CT molecular complexity index is 475. The third kappa shape index (κ3) is 2.09. The largest absolute Gasteiger partial charge is 0.328 e. The smallest absolute Gasteiger partial charge is 0.158 e. The molecule has 1 atom stereocenters. The van der Waals surface area contributed by atoms with Crippen LogP contribution in [0.15, 0.2) is 24.3 Å². The van der Waals surface area contributed by atoms with Crippen LogP contribution in [-0.4, -0.2) is 26.2 Å². The van der Waals surface area contributed by atoms with Crippen molar-refractivity contribution in [2.45, 2.75) is 26.3 Å². The van der Waals surface area contributed by atoms with E-state index in [0.29, 0.717) is 6.42 Å². The summed E-state index contributed by atoms with van der Waals surface area (Å²) in [6.07, 6.45) is 0.668. The summed E-state index contributed by atoms with van der Waals surface area (Å²) in [6.45, 7) is 3.98. The monoisotopic (exact) mass is 217 g/mol. The second-order valence-corrected chi connectivity index (χ2v) is 3.97. The second kappa shape index (κ2) is 4.40. The number of rotatable bonds is 3. The lowest BCUT2D eigenvalue weighted by atomic mass is 10.2. The average molecular weight is 217 g/mol. The third-order valence-corrected chi connectivity index (χ3v) is 2.38. The van der Waals surface area contributed by atoms with Gasteiger partial charge in [0.2, 0.25) is 0 Å². The summed E-state index contributed by atoms with van der Waals surface area (Å²) in [5.41, 5.74) is 7.90. The molecule has 0 aliphatic carbocycles. The molecule has 5 heteroatoms. The highest BCUT2D eigenvalue weighted by atomic mass is 15.5. The van der Waals surface area contributed by atoms with Gasteiger partial charge in [-0.05, 0) is 35.9 Å². The van der Waals surface area contributed by atoms with Crippen molar-refractivity contribution in [1.29, 1.82) is 0 Å². The fourth-order valence-electron chi connectivity index (χ4n) is 1.61. The van der Waals surface area contributed by atoms with E-state index in [1.165, 1.54) is 0 Å². The minimum atomic E-state index is 0.0498. The summed E-state index contributed by atoms with van der Waals surface area (Å²) in [4.78, 5) is 0. The fourth-order valence-corrected chi connectivity index (χ4v) is 1.61. The quantitative estimate of drug-likeness (QED) is 0.827. The topological polar surface area (TPSA) is 69.6 Å². The first-order valence-electron chi connectivity index (χ1n) is 5.27. The first kappa shape index (κ1) is 10.8. The standard InChI is InChI=1S/C11H15N5/c1-8-5-3-4-6-10(8)16-11(7-9(2)12)13-14-15-16/h3-6,9H,7,12H2,1-2H3. The summed E-state index contributed by atoms with van der Waals surface area (Å²) >= 11 is 0. The van der Waals surface area contributed by atoms with Crippen molar-refractivity contribution in [3.63, 3.8) is 0 Å². The molecule has 16 heavy (non-hydrogen) atoms. The molecule has 1 aromatic heterocycles. The van der Waals surface area contributed by atoms with Gasteiger partial charge in [-0.1, -0.05) is 18.2 Å². The van der Waals surface area contributed by atoms with E-state index in [0.717, 1.165) is 17.1 Å². The lowest BCUT2D eigenvalue weighted by Gasteiger charge is -2.08. The van der Waals surface area contributed by atoms with Gasteiger partial charge in [0.05, 0.1) is 5.69 Å². The molecule has 0 radical (unpaired) electrons. The summed E-state index contributed by atoms with van der Waals surface area (Å²) in [5.74, 6) is 0.796. The number of aromatic nitrogens is 4. The van der Waals surface area contributed by atoms with Gasteiger partial charge < -0.3 is 5.73 Å². The van der Waals surface area contributed by atoms with Gasteiger partial charge in [-0.15, -0.1) is 5.10 Å². The Kier molecular flexibility index (Phi) is 2.96. The molecule has 0 bridgehead atoms. The molecule has 0 amide bonds. The SMILES string of the molecule is Cc1ccccc1-n1nnnc1CC(C)N. The number of aryl methyl sites for hydroxylation is 1. The molecule has 0 aliphatic rings. The molecule has 0 spiro atoms. The lowest BCUT2D eigenvalue weighted by Crippen LogP contribution is -2.20. The van der Waals surface area contributed by atoms with E-state index < -0.39 is 0 Å². The molecule has 1 aromatic carbocycles. The third-order valence-electron chi connectivity index (χ3n) is 2.38. The average Bonchev–Trinajstić information content (AvgIpc) is 2.66. The number of tetrazole rings is 1. The van der Waals surface area contributed by atoms with E-state index in [1.54, 1.807) is 4.68 Å². The van der Waals surface area contributed by atoms with Crippen molar-refractivity contribution < 1.29 is 0 Å². The summed E-state index contributed by atoms with van der Waals surface area (Å²) < 4.78 is 1.75. The zero-order valence-electron chi connectivity index (χ0n) is 9.46. The molecule has 2 rings (SSSR count). The maximum Gasteiger partial charge on any atom is 0.158 e. The van der Waals surface area contributed by atoms with Gasteiger partial charge >= 0.3 is 0 Å². The molecule has 0 saturated heterocycles. The molecule has 2 N–H and O–H groups in total. The normalized spacial score (nSPS) is 12.7. The maximum atomic E-state index is 5.76. The predicted octanol–water partition coefficient (Wildman–Crippen LogP) is 0.860. The van der Waals surface area contributed by atoms with Gasteiger partial charge in [-0.3, -0.25) is 0 Å². The van der Waals surface area contributed by atoms with Gasteiger partial charge in [-0.2, -0.15) is 4.68 Å². The second-order valence-electron chi connectivity index (χ2n) is 3.97. The number of para-hydroxylation sites is 1. The van der Waals surface area contributed by atoms with Crippen molar-refractivity contribution in [2.75, 3.05) is 0 Å². The van der Waals surface area contributed by atoms with Gasteiger partial charge in [0.25, 0.3) is 0 Å². The Balaban J connectivity index is 2.41. The molecule has 84 valence electrons. The van der Waals surface area contributed by atoms with E-state index in [9.17, 15) is 0 Å². The van der Waals surface area contributed by atoms with Gasteiger partial charge in [0, 0.05) is 12.5 Å². The predicted molar refractivity (Wildman–Crippen MR) is 61.2 cm³/mol. The molecule has 0 aliphatic heterocycles. The number of nitrogens with zero attached hydrogens (tertiary/aromatic N) is 4. The van der Waals surface area contributed by atoms with Gasteiger partial charge in [0.1, 0.15) is 0 Å². The van der Waals surface area contributed by atoms with E-state index in [1.807, 2.05) is 38.1 Å². The van der Waals surface area contributed by atoms with Crippen LogP contribution in [0.3, 0.4) is 0 Å². The minimum Gasteiger partial charge on any atom is -0.328 e. The van der Waals surface area contributed by atoms with Crippen molar-refractivity contribution in [2.24, 2.45) is 5.73 Å². The number of hydrogen-bond acceptors (Lipinski definition) is 4. The van der Waals surface area contributed by atoms with Crippen molar-refractivity contribution in [3.8, 4) is 5.69 Å². The Hall–Kier alpha value is -1.75. The van der Waals surface area contributed by atoms with Crippen LogP contribution < -0.4 is 5.73 Å². The molecule has 5 nitrogen and oxygen atoms in total. The van der Waals surface area contributed by atoms with E-state index >= 15 is 0 Å². The Morgan fingerprint density at radius 1 is 1.38 bits per heavy atom. The summed E-state index contributed by atoms with van der Waals surface area (Å²) in [6, 6.07) is 8.05. The highest BCUT2D eigenvalue weighted by Crippen LogP contribution is 2.13. The summed E-state index contributed by atoms with van der Waals surface area (Å²) in [7, 11) is 0. The van der Waals surface area contributed by atoms with Gasteiger partial charge in [-0.25, -0.2) is 0 Å². The molecule has 0 fully saturated rings. The van der Waals surface area contributed by atoms with Gasteiger partial charge in [0.15, 0.2) is 5.82 Å². The highest BCUT2D eigenvalue weighted by Gasteiger charge is 2.11. The van der Waals surface area contributed by atoms with Crippen LogP contribution in [0.4, 0.5) is 0 Å². The number of benzene rings is 1. The van der Waals surface area contributed by atoms with E-state index in [2.05, 4.69) is 15.5 Å². The summed E-state index contributed by atoms with van der Waals surface area (Å²) in [5, 5.41) is 11.7. The number of hydrogen-bond donors (Lipinski definition) is 1. The van der Waals surface area contributed by atoms with Crippen LogP contribution in [0.2, 0.25) is 0 Å². The molecule has 1 heterocycles. The minimum absolute atomic E-state index is 0.0498. The lowest BCUT2D eigenvalue weighted by molar-refractivity contribution is 0.673. The first-order valence-corrected chi connectivity index (χ1v) is 5.27. The van der Waals surface area contributed by atoms with Crippen molar-refractivity contribution in [3.05, 3.63) is 35.7 Å². The molecule has 1 unspecified atom stereocenters. The maximum absolute atomic E-state index is 5.76. The number of nitrogens with two attached hydrogens (primary N) is 1. The highest BCUT2D eigenvalue weighted by molar-refractivity contribution is 5.39. The molecular weight excluding hydrogens is 202 g/mol. The van der Waals surface area contributed by atoms with E-state index in [4.69, 9.17) is 5.73 Å². The van der Waals surface area contributed by atoms with Crippen LogP contribution in [0.1, 0.15) is 18.3 Å².